The van der Waals surface area contributed by atoms with Crippen LogP contribution in [0.5, 0.6) is 5.75 Å². The highest BCUT2D eigenvalue weighted by molar-refractivity contribution is 5.30. The summed E-state index contributed by atoms with van der Waals surface area (Å²) >= 11 is 0. The molecule has 108 valence electrons. The molecule has 0 fully saturated rings. The van der Waals surface area contributed by atoms with Crippen LogP contribution in [0.2, 0.25) is 0 Å². The molecule has 0 aliphatic rings. The number of hydrogen-bond donors (Lipinski definition) is 2. The molecule has 0 aliphatic carbocycles. The molecule has 5 nitrogen and oxygen atoms in total. The number of aliphatic hydroxyl groups excluding tert-OH is 2. The summed E-state index contributed by atoms with van der Waals surface area (Å²) in [6.07, 6.45) is -1.17. The van der Waals surface area contributed by atoms with Gasteiger partial charge in [-0.1, -0.05) is 0 Å². The van der Waals surface area contributed by atoms with E-state index >= 15 is 0 Å². The Kier molecular flexibility index (Phi) is 6.24. The predicted octanol–water partition coefficient (Wildman–Crippen LogP) is 1.27. The van der Waals surface area contributed by atoms with E-state index in [2.05, 4.69) is 0 Å². The topological polar surface area (TPSA) is 68.2 Å². The molecule has 0 radical (unpaired) electrons. The van der Waals surface area contributed by atoms with Crippen LogP contribution < -0.4 is 4.74 Å². The van der Waals surface area contributed by atoms with Crippen molar-refractivity contribution in [3.63, 3.8) is 0 Å². The lowest BCUT2D eigenvalue weighted by Gasteiger charge is -2.36. The average Bonchev–Trinajstić information content (AvgIpc) is 2.46. The van der Waals surface area contributed by atoms with Gasteiger partial charge in [0.15, 0.2) is 0 Å². The summed E-state index contributed by atoms with van der Waals surface area (Å²) < 4.78 is 16.3. The fraction of sp³-hybridized carbons (Fsp3) is 0.571. The molecule has 2 N–H and O–H groups in total. The van der Waals surface area contributed by atoms with E-state index in [1.807, 2.05) is 0 Å². The molecule has 19 heavy (non-hydrogen) atoms. The Morgan fingerprint density at radius 1 is 1.11 bits per heavy atom. The molecule has 1 atom stereocenters. The molecule has 0 aromatic heterocycles. The second-order valence-electron chi connectivity index (χ2n) is 3.96. The monoisotopic (exact) mass is 270 g/mol. The first-order valence-electron chi connectivity index (χ1n) is 6.35. The number of hydrogen-bond acceptors (Lipinski definition) is 5. The Bertz CT molecular complexity index is 357. The van der Waals surface area contributed by atoms with Crippen LogP contribution in [0.15, 0.2) is 24.3 Å². The van der Waals surface area contributed by atoms with Gasteiger partial charge in [-0.25, -0.2) is 0 Å². The highest BCUT2D eigenvalue weighted by atomic mass is 16.7. The van der Waals surface area contributed by atoms with E-state index in [9.17, 15) is 10.2 Å². The Hall–Kier alpha value is -1.14. The molecule has 0 bridgehead atoms. The second kappa shape index (κ2) is 7.45. The molecule has 5 heteroatoms. The minimum Gasteiger partial charge on any atom is -0.497 e. The maximum Gasteiger partial charge on any atom is 0.224 e. The van der Waals surface area contributed by atoms with Gasteiger partial charge in [-0.05, 0) is 38.1 Å². The third-order valence-electron chi connectivity index (χ3n) is 2.82. The maximum atomic E-state index is 10.1. The van der Waals surface area contributed by atoms with Crippen LogP contribution in [0.1, 0.15) is 19.4 Å². The SMILES string of the molecule is CCOC(OCC)(c1ccc(OC)cc1)C(O)CO. The van der Waals surface area contributed by atoms with Crippen LogP contribution in [-0.2, 0) is 15.3 Å². The molecule has 0 spiro atoms. The van der Waals surface area contributed by atoms with E-state index in [1.54, 1.807) is 45.2 Å². The summed E-state index contributed by atoms with van der Waals surface area (Å²) in [6.45, 7) is 3.86. The molecule has 1 unspecified atom stereocenters. The van der Waals surface area contributed by atoms with Gasteiger partial charge in [-0.3, -0.25) is 0 Å². The van der Waals surface area contributed by atoms with Gasteiger partial charge in [0.1, 0.15) is 11.9 Å². The van der Waals surface area contributed by atoms with E-state index < -0.39 is 18.5 Å². The van der Waals surface area contributed by atoms with Crippen LogP contribution in [0, 0.1) is 0 Å². The normalized spacial score (nSPS) is 13.3. The van der Waals surface area contributed by atoms with Crippen molar-refractivity contribution in [3.8, 4) is 5.75 Å². The fourth-order valence-electron chi connectivity index (χ4n) is 1.97. The lowest BCUT2D eigenvalue weighted by molar-refractivity contribution is -0.295. The molecule has 0 amide bonds. The van der Waals surface area contributed by atoms with Crippen LogP contribution in [0.25, 0.3) is 0 Å². The van der Waals surface area contributed by atoms with Gasteiger partial charge in [0.2, 0.25) is 5.79 Å². The Morgan fingerprint density at radius 3 is 2.00 bits per heavy atom. The molecular formula is C14H22O5. The lowest BCUT2D eigenvalue weighted by atomic mass is 9.99. The van der Waals surface area contributed by atoms with E-state index in [4.69, 9.17) is 14.2 Å². The van der Waals surface area contributed by atoms with Gasteiger partial charge < -0.3 is 24.4 Å². The van der Waals surface area contributed by atoms with Crippen molar-refractivity contribution in [3.05, 3.63) is 29.8 Å². The van der Waals surface area contributed by atoms with Gasteiger partial charge in [-0.15, -0.1) is 0 Å². The zero-order valence-electron chi connectivity index (χ0n) is 11.6. The number of rotatable bonds is 8. The third kappa shape index (κ3) is 3.45. The third-order valence-corrected chi connectivity index (χ3v) is 2.82. The van der Waals surface area contributed by atoms with Crippen molar-refractivity contribution in [2.45, 2.75) is 25.7 Å². The van der Waals surface area contributed by atoms with Crippen LogP contribution in [0.3, 0.4) is 0 Å². The Balaban J connectivity index is 3.17. The second-order valence-corrected chi connectivity index (χ2v) is 3.96. The summed E-state index contributed by atoms with van der Waals surface area (Å²) in [5, 5.41) is 19.3. The first kappa shape index (κ1) is 15.9. The van der Waals surface area contributed by atoms with E-state index in [1.165, 1.54) is 0 Å². The van der Waals surface area contributed by atoms with Gasteiger partial charge >= 0.3 is 0 Å². The van der Waals surface area contributed by atoms with Gasteiger partial charge in [-0.2, -0.15) is 0 Å². The average molecular weight is 270 g/mol. The van der Waals surface area contributed by atoms with Crippen molar-refractivity contribution in [1.82, 2.24) is 0 Å². The molecule has 1 aromatic rings. The van der Waals surface area contributed by atoms with Gasteiger partial charge in [0.25, 0.3) is 0 Å². The van der Waals surface area contributed by atoms with Crippen molar-refractivity contribution < 1.29 is 24.4 Å². The smallest absolute Gasteiger partial charge is 0.224 e. The number of aliphatic hydroxyl groups is 2. The molecular weight excluding hydrogens is 248 g/mol. The van der Waals surface area contributed by atoms with Crippen LogP contribution >= 0.6 is 0 Å². The van der Waals surface area contributed by atoms with E-state index in [0.717, 1.165) is 0 Å². The van der Waals surface area contributed by atoms with Crippen molar-refractivity contribution >= 4 is 0 Å². The first-order chi connectivity index (χ1) is 9.14. The summed E-state index contributed by atoms with van der Waals surface area (Å²) in [6, 6.07) is 7.02. The number of methoxy groups -OCH3 is 1. The maximum absolute atomic E-state index is 10.1. The zero-order valence-corrected chi connectivity index (χ0v) is 11.6. The minimum absolute atomic E-state index is 0.350. The molecule has 0 saturated carbocycles. The van der Waals surface area contributed by atoms with Gasteiger partial charge in [0.05, 0.1) is 13.7 Å². The molecule has 1 rings (SSSR count). The van der Waals surface area contributed by atoms with Gasteiger partial charge in [0, 0.05) is 18.8 Å². The summed E-state index contributed by atoms with van der Waals surface area (Å²) in [4.78, 5) is 0. The highest BCUT2D eigenvalue weighted by Crippen LogP contribution is 2.32. The quantitative estimate of drug-likeness (QED) is 0.696. The largest absolute Gasteiger partial charge is 0.497 e. The fourth-order valence-corrected chi connectivity index (χ4v) is 1.97. The summed E-state index contributed by atoms with van der Waals surface area (Å²) in [7, 11) is 1.58. The number of ether oxygens (including phenoxy) is 3. The Labute approximate surface area is 113 Å². The predicted molar refractivity (Wildman–Crippen MR) is 71.0 cm³/mol. The molecule has 1 aromatic carbocycles. The number of benzene rings is 1. The van der Waals surface area contributed by atoms with Crippen LogP contribution in [-0.4, -0.2) is 43.2 Å². The first-order valence-corrected chi connectivity index (χ1v) is 6.35. The lowest BCUT2D eigenvalue weighted by Crippen LogP contribution is -2.46. The van der Waals surface area contributed by atoms with Crippen molar-refractivity contribution in [2.24, 2.45) is 0 Å². The zero-order chi connectivity index (χ0) is 14.3. The van der Waals surface area contributed by atoms with Crippen molar-refractivity contribution in [1.29, 1.82) is 0 Å². The van der Waals surface area contributed by atoms with E-state index in [0.29, 0.717) is 24.5 Å². The Morgan fingerprint density at radius 2 is 1.63 bits per heavy atom. The molecule has 0 saturated heterocycles. The van der Waals surface area contributed by atoms with E-state index in [-0.39, 0.29) is 0 Å². The molecule has 0 heterocycles. The van der Waals surface area contributed by atoms with Crippen LogP contribution in [0.4, 0.5) is 0 Å². The summed E-state index contributed by atoms with van der Waals surface area (Å²) in [5.74, 6) is -0.658. The minimum atomic E-state index is -1.36. The van der Waals surface area contributed by atoms with Crippen molar-refractivity contribution in [2.75, 3.05) is 26.9 Å². The molecule has 0 aliphatic heterocycles. The highest BCUT2D eigenvalue weighted by Gasteiger charge is 2.41. The standard InChI is InChI=1S/C14H22O5/c1-4-18-14(19-5-2,13(16)10-15)11-6-8-12(17-3)9-7-11/h6-9,13,15-16H,4-5,10H2,1-3H3. The summed E-state index contributed by atoms with van der Waals surface area (Å²) in [5.41, 5.74) is 0.638.